The Hall–Kier alpha value is -3.92. The summed E-state index contributed by atoms with van der Waals surface area (Å²) < 4.78 is 8.52. The zero-order valence-electron chi connectivity index (χ0n) is 17.7. The first kappa shape index (κ1) is 17.9. The lowest BCUT2D eigenvalue weighted by Gasteiger charge is -2.12. The molecule has 0 amide bonds. The van der Waals surface area contributed by atoms with Gasteiger partial charge in [-0.05, 0) is 74.4 Å². The topological polar surface area (TPSA) is 43.9 Å². The number of furan rings is 1. The lowest BCUT2D eigenvalue weighted by atomic mass is 10.1. The molecule has 0 spiro atoms. The van der Waals surface area contributed by atoms with Gasteiger partial charge in [-0.25, -0.2) is 9.97 Å². The minimum Gasteiger partial charge on any atom is -0.437 e. The molecule has 3 aromatic carbocycles. The number of pyridine rings is 1. The largest absolute Gasteiger partial charge is 0.437 e. The van der Waals surface area contributed by atoms with Crippen molar-refractivity contribution in [2.45, 2.75) is 20.8 Å². The lowest BCUT2D eigenvalue weighted by Crippen LogP contribution is -1.99. The second-order valence-corrected chi connectivity index (χ2v) is 8.20. The van der Waals surface area contributed by atoms with E-state index in [1.54, 1.807) is 0 Å². The highest BCUT2D eigenvalue weighted by molar-refractivity contribution is 6.08. The molecule has 0 saturated carbocycles. The normalized spacial score (nSPS) is 11.7. The van der Waals surface area contributed by atoms with E-state index in [1.165, 1.54) is 11.1 Å². The van der Waals surface area contributed by atoms with E-state index < -0.39 is 0 Å². The molecule has 0 aliphatic heterocycles. The number of fused-ring (bicyclic) bond motifs is 4. The molecule has 6 aromatic rings. The van der Waals surface area contributed by atoms with Crippen molar-refractivity contribution >= 4 is 33.1 Å². The van der Waals surface area contributed by atoms with Crippen molar-refractivity contribution in [3.8, 4) is 17.1 Å². The molecule has 0 aliphatic carbocycles. The van der Waals surface area contributed by atoms with Gasteiger partial charge in [0.1, 0.15) is 11.4 Å². The summed E-state index contributed by atoms with van der Waals surface area (Å²) in [5.74, 6) is 0.868. The van der Waals surface area contributed by atoms with Gasteiger partial charge in [-0.1, -0.05) is 30.3 Å². The van der Waals surface area contributed by atoms with E-state index >= 15 is 0 Å². The molecular weight excluding hydrogens is 382 g/mol. The van der Waals surface area contributed by atoms with Crippen LogP contribution in [0.1, 0.15) is 16.8 Å². The van der Waals surface area contributed by atoms with Crippen molar-refractivity contribution in [2.75, 3.05) is 0 Å². The van der Waals surface area contributed by atoms with Crippen molar-refractivity contribution in [3.05, 3.63) is 89.6 Å². The summed E-state index contributed by atoms with van der Waals surface area (Å²) in [6.07, 6.45) is 0. The average molecular weight is 403 g/mol. The fourth-order valence-electron chi connectivity index (χ4n) is 4.50. The summed E-state index contributed by atoms with van der Waals surface area (Å²) in [7, 11) is 0. The lowest BCUT2D eigenvalue weighted by molar-refractivity contribution is 0.653. The van der Waals surface area contributed by atoms with Gasteiger partial charge in [0.2, 0.25) is 5.71 Å². The summed E-state index contributed by atoms with van der Waals surface area (Å²) in [5, 5.41) is 2.08. The molecule has 0 atom stereocenters. The summed E-state index contributed by atoms with van der Waals surface area (Å²) in [6.45, 7) is 6.24. The van der Waals surface area contributed by atoms with Crippen molar-refractivity contribution in [1.82, 2.24) is 14.5 Å². The van der Waals surface area contributed by atoms with Crippen LogP contribution in [0.15, 0.2) is 77.2 Å². The van der Waals surface area contributed by atoms with Crippen LogP contribution in [0.25, 0.3) is 50.2 Å². The monoisotopic (exact) mass is 403 g/mol. The molecule has 4 heteroatoms. The first-order valence-corrected chi connectivity index (χ1v) is 10.4. The van der Waals surface area contributed by atoms with Gasteiger partial charge in [0.25, 0.3) is 0 Å². The summed E-state index contributed by atoms with van der Waals surface area (Å²) in [5.41, 5.74) is 8.96. The number of hydrogen-bond donors (Lipinski definition) is 0. The molecular formula is C27H21N3O. The second-order valence-electron chi connectivity index (χ2n) is 8.20. The van der Waals surface area contributed by atoms with Crippen LogP contribution in [-0.2, 0) is 0 Å². The van der Waals surface area contributed by atoms with Crippen LogP contribution in [0.3, 0.4) is 0 Å². The first-order valence-electron chi connectivity index (χ1n) is 10.4. The van der Waals surface area contributed by atoms with Crippen LogP contribution in [-0.4, -0.2) is 14.5 Å². The van der Waals surface area contributed by atoms with Crippen LogP contribution in [0.5, 0.6) is 0 Å². The highest BCUT2D eigenvalue weighted by Crippen LogP contribution is 2.37. The van der Waals surface area contributed by atoms with Gasteiger partial charge in [0, 0.05) is 22.2 Å². The average Bonchev–Trinajstić information content (AvgIpc) is 3.30. The Morgan fingerprint density at radius 2 is 1.55 bits per heavy atom. The third kappa shape index (κ3) is 2.76. The van der Waals surface area contributed by atoms with E-state index in [9.17, 15) is 0 Å². The maximum Gasteiger partial charge on any atom is 0.227 e. The highest BCUT2D eigenvalue weighted by Gasteiger charge is 2.20. The summed E-state index contributed by atoms with van der Waals surface area (Å²) in [6, 6.07) is 25.2. The Kier molecular flexibility index (Phi) is 3.78. The highest BCUT2D eigenvalue weighted by atomic mass is 16.3. The standard InChI is InChI=1S/C27H21N3O/c1-16-13-17(2)15-19(14-16)30-24-10-5-4-9-23(24)29-26(30)22-8-6-7-20-21-12-11-18(3)28-27(21)31-25(20)22/h4-15H,1-3H3. The molecule has 0 N–H and O–H groups in total. The van der Waals surface area contributed by atoms with Gasteiger partial charge < -0.3 is 4.42 Å². The predicted octanol–water partition coefficient (Wildman–Crippen LogP) is 6.91. The summed E-state index contributed by atoms with van der Waals surface area (Å²) in [4.78, 5) is 9.64. The number of hydrogen-bond acceptors (Lipinski definition) is 3. The van der Waals surface area contributed by atoms with E-state index in [0.29, 0.717) is 5.71 Å². The number of benzene rings is 3. The van der Waals surface area contributed by atoms with Crippen LogP contribution in [0.2, 0.25) is 0 Å². The molecule has 0 bridgehead atoms. The molecule has 0 aliphatic rings. The van der Waals surface area contributed by atoms with Crippen molar-refractivity contribution in [3.63, 3.8) is 0 Å². The number of imidazole rings is 1. The smallest absolute Gasteiger partial charge is 0.227 e. The minimum absolute atomic E-state index is 0.663. The van der Waals surface area contributed by atoms with Crippen LogP contribution in [0, 0.1) is 20.8 Å². The van der Waals surface area contributed by atoms with Crippen molar-refractivity contribution < 1.29 is 4.42 Å². The van der Waals surface area contributed by atoms with Gasteiger partial charge in [-0.2, -0.15) is 0 Å². The Morgan fingerprint density at radius 3 is 2.39 bits per heavy atom. The quantitative estimate of drug-likeness (QED) is 0.315. The van der Waals surface area contributed by atoms with Gasteiger partial charge >= 0.3 is 0 Å². The Morgan fingerprint density at radius 1 is 0.742 bits per heavy atom. The van der Waals surface area contributed by atoms with Gasteiger partial charge in [-0.3, -0.25) is 4.57 Å². The fourth-order valence-corrected chi connectivity index (χ4v) is 4.50. The maximum absolute atomic E-state index is 6.29. The molecule has 31 heavy (non-hydrogen) atoms. The van der Waals surface area contributed by atoms with E-state index in [0.717, 1.165) is 50.2 Å². The SMILES string of the molecule is Cc1cc(C)cc(-n2c(-c3cccc4c3oc3nc(C)ccc34)nc3ccccc32)c1. The number of rotatable bonds is 2. The third-order valence-electron chi connectivity index (χ3n) is 5.77. The molecule has 0 saturated heterocycles. The Balaban J connectivity index is 1.73. The second kappa shape index (κ2) is 6.54. The Labute approximate surface area is 179 Å². The number of nitrogens with zero attached hydrogens (tertiary/aromatic N) is 3. The minimum atomic E-state index is 0.663. The van der Waals surface area contributed by atoms with Crippen molar-refractivity contribution in [1.29, 1.82) is 0 Å². The first-order chi connectivity index (χ1) is 15.1. The predicted molar refractivity (Wildman–Crippen MR) is 126 cm³/mol. The Bertz CT molecular complexity index is 1600. The molecule has 4 nitrogen and oxygen atoms in total. The molecule has 6 rings (SSSR count). The summed E-state index contributed by atoms with van der Waals surface area (Å²) >= 11 is 0. The zero-order chi connectivity index (χ0) is 21.1. The number of aromatic nitrogens is 3. The van der Waals surface area contributed by atoms with Crippen LogP contribution >= 0.6 is 0 Å². The maximum atomic E-state index is 6.29. The van der Waals surface area contributed by atoms with E-state index in [-0.39, 0.29) is 0 Å². The van der Waals surface area contributed by atoms with Crippen LogP contribution in [0.4, 0.5) is 0 Å². The van der Waals surface area contributed by atoms with Gasteiger partial charge in [0.15, 0.2) is 0 Å². The number of aryl methyl sites for hydroxylation is 3. The van der Waals surface area contributed by atoms with Crippen molar-refractivity contribution in [2.24, 2.45) is 0 Å². The third-order valence-corrected chi connectivity index (χ3v) is 5.77. The molecule has 0 fully saturated rings. The number of para-hydroxylation sites is 3. The van der Waals surface area contributed by atoms with Crippen LogP contribution < -0.4 is 0 Å². The van der Waals surface area contributed by atoms with Gasteiger partial charge in [0.05, 0.1) is 16.6 Å². The molecule has 0 unspecified atom stereocenters. The molecule has 0 radical (unpaired) electrons. The van der Waals surface area contributed by atoms with E-state index in [4.69, 9.17) is 9.40 Å². The molecule has 3 heterocycles. The zero-order valence-corrected chi connectivity index (χ0v) is 17.7. The van der Waals surface area contributed by atoms with E-state index in [2.05, 4.69) is 84.1 Å². The van der Waals surface area contributed by atoms with E-state index in [1.807, 2.05) is 19.1 Å². The molecule has 3 aromatic heterocycles. The van der Waals surface area contributed by atoms with Gasteiger partial charge in [-0.15, -0.1) is 0 Å². The molecule has 150 valence electrons. The fraction of sp³-hybridized carbons (Fsp3) is 0.111.